The summed E-state index contributed by atoms with van der Waals surface area (Å²) in [6, 6.07) is 0. The average Bonchev–Trinajstić information content (AvgIpc) is 1.82. The number of methoxy groups -OCH3 is 1. The number of carbonyl (C=O) groups excluding carboxylic acids is 1. The zero-order valence-corrected chi connectivity index (χ0v) is 5.16. The van der Waals surface area contributed by atoms with Gasteiger partial charge in [0, 0.05) is 20.1 Å². The molecule has 1 N–H and O–H groups in total. The molecule has 0 spiro atoms. The van der Waals surface area contributed by atoms with Crippen molar-refractivity contribution in [3.8, 4) is 0 Å². The van der Waals surface area contributed by atoms with E-state index in [0.29, 0.717) is 0 Å². The Hall–Kier alpha value is -0.610. The van der Waals surface area contributed by atoms with Gasteiger partial charge >= 0.3 is 0 Å². The van der Waals surface area contributed by atoms with E-state index in [4.69, 9.17) is 5.11 Å². The summed E-state index contributed by atoms with van der Waals surface area (Å²) in [5.41, 5.74) is 0. The van der Waals surface area contributed by atoms with Gasteiger partial charge in [-0.25, -0.2) is 0 Å². The largest absolute Gasteiger partial charge is 0.547 e. The van der Waals surface area contributed by atoms with Gasteiger partial charge < -0.3 is 19.7 Å². The van der Waals surface area contributed by atoms with Crippen molar-refractivity contribution in [3.05, 3.63) is 0 Å². The summed E-state index contributed by atoms with van der Waals surface area (Å²) in [7, 11) is 1.26. The van der Waals surface area contributed by atoms with Crippen molar-refractivity contribution in [1.82, 2.24) is 0 Å². The van der Waals surface area contributed by atoms with Crippen molar-refractivity contribution in [2.24, 2.45) is 0 Å². The molecule has 9 heavy (non-hydrogen) atoms. The molecule has 4 heteroatoms. The highest BCUT2D eigenvalue weighted by molar-refractivity contribution is 5.69. The predicted octanol–water partition coefficient (Wildman–Crippen LogP) is -1.87. The lowest BCUT2D eigenvalue weighted by atomic mass is 10.3. The number of aliphatic hydroxyl groups excluding tert-OH is 1. The minimum atomic E-state index is -1.29. The molecule has 0 aliphatic carbocycles. The Morgan fingerprint density at radius 3 is 2.56 bits per heavy atom. The number of carboxylic acid groups (broad SMARTS) is 1. The quantitative estimate of drug-likeness (QED) is 0.488. The monoisotopic (exact) mass is 133 g/mol. The maximum atomic E-state index is 9.97. The standard InChI is InChI=1S/C5H10O4/c1-9-4(2-3-6)5(7)8/h4,6H,2-3H2,1H3,(H,7,8)/p-1. The van der Waals surface area contributed by atoms with Gasteiger partial charge in [-0.05, 0) is 0 Å². The molecular weight excluding hydrogens is 124 g/mol. The molecule has 0 amide bonds. The highest BCUT2D eigenvalue weighted by Crippen LogP contribution is 1.92. The summed E-state index contributed by atoms with van der Waals surface area (Å²) in [5, 5.41) is 18.2. The normalized spacial score (nSPS) is 13.1. The third-order valence-corrected chi connectivity index (χ3v) is 0.939. The molecule has 0 heterocycles. The number of aliphatic hydroxyl groups is 1. The second-order valence-corrected chi connectivity index (χ2v) is 1.56. The lowest BCUT2D eigenvalue weighted by Crippen LogP contribution is -2.37. The Morgan fingerprint density at radius 1 is 1.89 bits per heavy atom. The summed E-state index contributed by atoms with van der Waals surface area (Å²) >= 11 is 0. The molecule has 0 aromatic heterocycles. The Balaban J connectivity index is 3.54. The van der Waals surface area contributed by atoms with Crippen LogP contribution in [0.1, 0.15) is 6.42 Å². The fraction of sp³-hybridized carbons (Fsp3) is 0.800. The summed E-state index contributed by atoms with van der Waals surface area (Å²) in [4.78, 5) is 9.97. The molecular formula is C5H9O4-. The van der Waals surface area contributed by atoms with Crippen LogP contribution in [0.5, 0.6) is 0 Å². The van der Waals surface area contributed by atoms with E-state index in [2.05, 4.69) is 4.74 Å². The number of carboxylic acids is 1. The Kier molecular flexibility index (Phi) is 4.00. The molecule has 54 valence electrons. The van der Waals surface area contributed by atoms with Crippen molar-refractivity contribution in [2.45, 2.75) is 12.5 Å². The zero-order chi connectivity index (χ0) is 7.28. The number of ether oxygens (including phenoxy) is 1. The Labute approximate surface area is 53.1 Å². The number of hydrogen-bond acceptors (Lipinski definition) is 4. The maximum absolute atomic E-state index is 9.97. The van der Waals surface area contributed by atoms with Crippen LogP contribution in [0.3, 0.4) is 0 Å². The van der Waals surface area contributed by atoms with Crippen LogP contribution in [0.4, 0.5) is 0 Å². The molecule has 0 aromatic carbocycles. The van der Waals surface area contributed by atoms with Crippen LogP contribution in [0.25, 0.3) is 0 Å². The van der Waals surface area contributed by atoms with Gasteiger partial charge in [0.25, 0.3) is 0 Å². The van der Waals surface area contributed by atoms with Gasteiger partial charge in [0.2, 0.25) is 0 Å². The van der Waals surface area contributed by atoms with E-state index < -0.39 is 12.1 Å². The van der Waals surface area contributed by atoms with Crippen molar-refractivity contribution in [3.63, 3.8) is 0 Å². The third-order valence-electron chi connectivity index (χ3n) is 0.939. The Bertz CT molecular complexity index is 91.0. The minimum absolute atomic E-state index is 0.0822. The zero-order valence-electron chi connectivity index (χ0n) is 5.16. The molecule has 0 aliphatic rings. The van der Waals surface area contributed by atoms with E-state index >= 15 is 0 Å². The molecule has 4 nitrogen and oxygen atoms in total. The Morgan fingerprint density at radius 2 is 2.44 bits per heavy atom. The second-order valence-electron chi connectivity index (χ2n) is 1.56. The topological polar surface area (TPSA) is 69.6 Å². The first-order chi connectivity index (χ1) is 4.22. The van der Waals surface area contributed by atoms with E-state index in [1.807, 2.05) is 0 Å². The molecule has 0 aromatic rings. The first-order valence-corrected chi connectivity index (χ1v) is 2.57. The van der Waals surface area contributed by atoms with Gasteiger partial charge in [0.1, 0.15) is 0 Å². The highest BCUT2D eigenvalue weighted by Gasteiger charge is 2.05. The van der Waals surface area contributed by atoms with Crippen molar-refractivity contribution in [2.75, 3.05) is 13.7 Å². The van der Waals surface area contributed by atoms with E-state index in [0.717, 1.165) is 0 Å². The molecule has 1 unspecified atom stereocenters. The van der Waals surface area contributed by atoms with E-state index in [1.54, 1.807) is 0 Å². The van der Waals surface area contributed by atoms with Crippen molar-refractivity contribution >= 4 is 5.97 Å². The fourth-order valence-electron chi connectivity index (χ4n) is 0.449. The predicted molar refractivity (Wildman–Crippen MR) is 27.5 cm³/mol. The first kappa shape index (κ1) is 8.39. The second kappa shape index (κ2) is 4.29. The van der Waals surface area contributed by atoms with Crippen LogP contribution in [0, 0.1) is 0 Å². The van der Waals surface area contributed by atoms with Crippen LogP contribution >= 0.6 is 0 Å². The lowest BCUT2D eigenvalue weighted by Gasteiger charge is -2.13. The molecule has 0 saturated carbocycles. The van der Waals surface area contributed by atoms with Gasteiger partial charge in [-0.1, -0.05) is 0 Å². The smallest absolute Gasteiger partial charge is 0.0986 e. The van der Waals surface area contributed by atoms with Gasteiger partial charge in [-0.3, -0.25) is 0 Å². The molecule has 1 atom stereocenters. The van der Waals surface area contributed by atoms with Gasteiger partial charge in [-0.15, -0.1) is 0 Å². The van der Waals surface area contributed by atoms with E-state index in [1.165, 1.54) is 7.11 Å². The highest BCUT2D eigenvalue weighted by atomic mass is 16.5. The summed E-state index contributed by atoms with van der Waals surface area (Å²) in [5.74, 6) is -1.29. The molecule has 0 fully saturated rings. The summed E-state index contributed by atoms with van der Waals surface area (Å²) in [6.07, 6.45) is -0.895. The number of aliphatic carboxylic acids is 1. The fourth-order valence-corrected chi connectivity index (χ4v) is 0.449. The van der Waals surface area contributed by atoms with Crippen LogP contribution in [-0.2, 0) is 9.53 Å². The maximum Gasteiger partial charge on any atom is 0.0986 e. The van der Waals surface area contributed by atoms with Crippen LogP contribution in [-0.4, -0.2) is 30.9 Å². The number of rotatable bonds is 4. The summed E-state index contributed by atoms with van der Waals surface area (Å²) < 4.78 is 4.43. The van der Waals surface area contributed by atoms with Crippen molar-refractivity contribution < 1.29 is 19.7 Å². The van der Waals surface area contributed by atoms with E-state index in [9.17, 15) is 9.90 Å². The lowest BCUT2D eigenvalue weighted by molar-refractivity contribution is -0.316. The molecule has 0 radical (unpaired) electrons. The first-order valence-electron chi connectivity index (χ1n) is 2.57. The minimum Gasteiger partial charge on any atom is -0.547 e. The van der Waals surface area contributed by atoms with Gasteiger partial charge in [0.15, 0.2) is 0 Å². The average molecular weight is 133 g/mol. The number of carbonyl (C=O) groups is 1. The SMILES string of the molecule is COC(CCO)C(=O)[O-]. The van der Waals surface area contributed by atoms with Crippen LogP contribution in [0.15, 0.2) is 0 Å². The van der Waals surface area contributed by atoms with Crippen LogP contribution < -0.4 is 5.11 Å². The third kappa shape index (κ3) is 3.05. The van der Waals surface area contributed by atoms with E-state index in [-0.39, 0.29) is 13.0 Å². The molecule has 0 bridgehead atoms. The molecule has 0 aliphatic heterocycles. The number of hydrogen-bond donors (Lipinski definition) is 1. The van der Waals surface area contributed by atoms with Gasteiger partial charge in [0.05, 0.1) is 12.1 Å². The van der Waals surface area contributed by atoms with Crippen LogP contribution in [0.2, 0.25) is 0 Å². The summed E-state index contributed by atoms with van der Waals surface area (Å²) in [6.45, 7) is -0.202. The van der Waals surface area contributed by atoms with Crippen molar-refractivity contribution in [1.29, 1.82) is 0 Å². The molecule has 0 rings (SSSR count). The van der Waals surface area contributed by atoms with Gasteiger partial charge in [-0.2, -0.15) is 0 Å². The molecule has 0 saturated heterocycles.